The van der Waals surface area contributed by atoms with Gasteiger partial charge in [0.05, 0.1) is 12.1 Å². The Morgan fingerprint density at radius 2 is 1.70 bits per heavy atom. The van der Waals surface area contributed by atoms with Gasteiger partial charge in [-0.25, -0.2) is 4.79 Å². The summed E-state index contributed by atoms with van der Waals surface area (Å²) in [4.78, 5) is 52.8. The molecule has 0 saturated heterocycles. The van der Waals surface area contributed by atoms with Crippen molar-refractivity contribution >= 4 is 47.2 Å². The Labute approximate surface area is 220 Å². The molecule has 1 heterocycles. The minimum Gasteiger partial charge on any atom is -0.480 e. The number of aromatic amines is 1. The minimum absolute atomic E-state index is 0.146. The van der Waals surface area contributed by atoms with Gasteiger partial charge in [0, 0.05) is 22.9 Å². The van der Waals surface area contributed by atoms with Crippen LogP contribution in [0.1, 0.15) is 31.7 Å². The standard InChI is InChI=1S/C24H36N6O6S/c1-13(31)20(30-21(32)16(26)10-14-11-27-17-7-3-2-6-15(14)17)23(34)29-19(12-37)22(33)28-18(24(35)36)8-4-5-9-25/h2-3,6-7,11,13,16,18-20,27,31,37H,4-5,8-10,12,25-26H2,1H3,(H,28,33)(H,29,34)(H,30,32)(H,35,36). The van der Waals surface area contributed by atoms with Crippen LogP contribution in [0.2, 0.25) is 0 Å². The van der Waals surface area contributed by atoms with Crippen molar-refractivity contribution in [3.63, 3.8) is 0 Å². The molecule has 1 aromatic carbocycles. The lowest BCUT2D eigenvalue weighted by molar-refractivity contribution is -0.142. The topological polar surface area (TPSA) is 213 Å². The molecule has 0 fully saturated rings. The van der Waals surface area contributed by atoms with Gasteiger partial charge in [-0.05, 0) is 50.8 Å². The summed E-state index contributed by atoms with van der Waals surface area (Å²) in [7, 11) is 0. The van der Waals surface area contributed by atoms with E-state index < -0.39 is 54.0 Å². The summed E-state index contributed by atoms with van der Waals surface area (Å²) in [6.07, 6.45) is 1.91. The van der Waals surface area contributed by atoms with E-state index in [1.165, 1.54) is 6.92 Å². The Balaban J connectivity index is 2.00. The molecule has 0 aliphatic rings. The fraction of sp³-hybridized carbons (Fsp3) is 0.500. The van der Waals surface area contributed by atoms with Gasteiger partial charge < -0.3 is 42.6 Å². The van der Waals surface area contributed by atoms with Crippen LogP contribution in [0.25, 0.3) is 10.9 Å². The number of rotatable bonds is 15. The van der Waals surface area contributed by atoms with Crippen molar-refractivity contribution in [1.82, 2.24) is 20.9 Å². The maximum absolute atomic E-state index is 12.9. The Morgan fingerprint density at radius 3 is 2.32 bits per heavy atom. The largest absolute Gasteiger partial charge is 0.480 e. The van der Waals surface area contributed by atoms with Gasteiger partial charge in [-0.3, -0.25) is 14.4 Å². The van der Waals surface area contributed by atoms with Crippen LogP contribution in [-0.4, -0.2) is 81.5 Å². The van der Waals surface area contributed by atoms with Gasteiger partial charge in [0.25, 0.3) is 0 Å². The molecule has 5 unspecified atom stereocenters. The number of carboxylic acids is 1. The van der Waals surface area contributed by atoms with Crippen LogP contribution in [0.15, 0.2) is 30.5 Å². The van der Waals surface area contributed by atoms with Crippen molar-refractivity contribution in [3.8, 4) is 0 Å². The van der Waals surface area contributed by atoms with Gasteiger partial charge in [0.2, 0.25) is 17.7 Å². The minimum atomic E-state index is -1.41. The number of aromatic nitrogens is 1. The predicted octanol–water partition coefficient (Wildman–Crippen LogP) is -0.984. The van der Waals surface area contributed by atoms with Crippen molar-refractivity contribution in [2.75, 3.05) is 12.3 Å². The molecule has 2 aromatic rings. The van der Waals surface area contributed by atoms with Crippen molar-refractivity contribution < 1.29 is 29.4 Å². The van der Waals surface area contributed by atoms with Crippen molar-refractivity contribution in [2.24, 2.45) is 11.5 Å². The Bertz CT molecular complexity index is 1080. The van der Waals surface area contributed by atoms with Crippen LogP contribution in [-0.2, 0) is 25.6 Å². The number of aliphatic hydroxyl groups is 1. The van der Waals surface area contributed by atoms with E-state index in [-0.39, 0.29) is 18.6 Å². The van der Waals surface area contributed by atoms with Gasteiger partial charge in [0.15, 0.2) is 0 Å². The van der Waals surface area contributed by atoms with Crippen molar-refractivity contribution in [1.29, 1.82) is 0 Å². The van der Waals surface area contributed by atoms with E-state index >= 15 is 0 Å². The number of unbranched alkanes of at least 4 members (excludes halogenated alkanes) is 1. The van der Waals surface area contributed by atoms with E-state index in [1.54, 1.807) is 6.20 Å². The normalized spacial score (nSPS) is 15.3. The van der Waals surface area contributed by atoms with E-state index in [1.807, 2.05) is 24.3 Å². The van der Waals surface area contributed by atoms with Crippen molar-refractivity contribution in [3.05, 3.63) is 36.0 Å². The molecule has 0 spiro atoms. The van der Waals surface area contributed by atoms with E-state index in [9.17, 15) is 29.4 Å². The third-order valence-electron chi connectivity index (χ3n) is 5.89. The maximum atomic E-state index is 12.9. The summed E-state index contributed by atoms with van der Waals surface area (Å²) >= 11 is 4.08. The third-order valence-corrected chi connectivity index (χ3v) is 6.26. The molecular weight excluding hydrogens is 500 g/mol. The Hall–Kier alpha value is -3.13. The summed E-state index contributed by atoms with van der Waals surface area (Å²) in [6, 6.07) is 2.75. The molecule has 10 N–H and O–H groups in total. The fourth-order valence-corrected chi connectivity index (χ4v) is 4.03. The lowest BCUT2D eigenvalue weighted by Gasteiger charge is -2.26. The van der Waals surface area contributed by atoms with Crippen LogP contribution in [0.5, 0.6) is 0 Å². The van der Waals surface area contributed by atoms with E-state index in [0.29, 0.717) is 19.4 Å². The number of carbonyl (C=O) groups excluding carboxylic acids is 3. The van der Waals surface area contributed by atoms with E-state index in [0.717, 1.165) is 16.5 Å². The van der Waals surface area contributed by atoms with Gasteiger partial charge in [-0.1, -0.05) is 18.2 Å². The summed E-state index contributed by atoms with van der Waals surface area (Å²) in [5.74, 6) is -3.62. The third kappa shape index (κ3) is 8.74. The predicted molar refractivity (Wildman–Crippen MR) is 142 cm³/mol. The summed E-state index contributed by atoms with van der Waals surface area (Å²) < 4.78 is 0. The average Bonchev–Trinajstić information content (AvgIpc) is 3.27. The van der Waals surface area contributed by atoms with Crippen LogP contribution in [0.3, 0.4) is 0 Å². The molecule has 0 saturated carbocycles. The number of fused-ring (bicyclic) bond motifs is 1. The lowest BCUT2D eigenvalue weighted by atomic mass is 10.0. The number of benzene rings is 1. The van der Waals surface area contributed by atoms with Gasteiger partial charge in [-0.15, -0.1) is 0 Å². The second-order valence-corrected chi connectivity index (χ2v) is 9.19. The second-order valence-electron chi connectivity index (χ2n) is 8.82. The molecular formula is C24H36N6O6S. The lowest BCUT2D eigenvalue weighted by Crippen LogP contribution is -2.60. The number of hydrogen-bond acceptors (Lipinski definition) is 8. The number of amides is 3. The fourth-order valence-electron chi connectivity index (χ4n) is 3.77. The average molecular weight is 537 g/mol. The highest BCUT2D eigenvalue weighted by molar-refractivity contribution is 7.80. The monoisotopic (exact) mass is 536 g/mol. The SMILES string of the molecule is CC(O)C(NC(=O)C(N)Cc1c[nH]c2ccccc12)C(=O)NC(CS)C(=O)NC(CCCCN)C(=O)O. The number of aliphatic carboxylic acids is 1. The zero-order chi connectivity index (χ0) is 27.5. The number of H-pyrrole nitrogens is 1. The van der Waals surface area contributed by atoms with Gasteiger partial charge in [-0.2, -0.15) is 12.6 Å². The van der Waals surface area contributed by atoms with Crippen LogP contribution in [0, 0.1) is 0 Å². The first kappa shape index (κ1) is 30.1. The molecule has 2 rings (SSSR count). The molecule has 0 bridgehead atoms. The molecule has 204 valence electrons. The van der Waals surface area contributed by atoms with Crippen molar-refractivity contribution in [2.45, 2.75) is 62.9 Å². The molecule has 0 aliphatic heterocycles. The summed E-state index contributed by atoms with van der Waals surface area (Å²) in [5, 5.41) is 27.7. The van der Waals surface area contributed by atoms with E-state index in [4.69, 9.17) is 11.5 Å². The molecule has 1 aromatic heterocycles. The van der Waals surface area contributed by atoms with Gasteiger partial charge >= 0.3 is 5.97 Å². The highest BCUT2D eigenvalue weighted by Gasteiger charge is 2.32. The number of carboxylic acid groups (broad SMARTS) is 1. The zero-order valence-corrected chi connectivity index (χ0v) is 21.5. The molecule has 3 amide bonds. The van der Waals surface area contributed by atoms with Crippen LogP contribution >= 0.6 is 12.6 Å². The summed E-state index contributed by atoms with van der Waals surface area (Å²) in [6.45, 7) is 1.71. The number of para-hydroxylation sites is 1. The highest BCUT2D eigenvalue weighted by Crippen LogP contribution is 2.18. The highest BCUT2D eigenvalue weighted by atomic mass is 32.1. The molecule has 0 aliphatic carbocycles. The van der Waals surface area contributed by atoms with E-state index in [2.05, 4.69) is 33.6 Å². The molecule has 13 heteroatoms. The summed E-state index contributed by atoms with van der Waals surface area (Å²) in [5.41, 5.74) is 13.2. The maximum Gasteiger partial charge on any atom is 0.326 e. The number of hydrogen-bond donors (Lipinski definition) is 9. The smallest absolute Gasteiger partial charge is 0.326 e. The molecule has 37 heavy (non-hydrogen) atoms. The first-order chi connectivity index (χ1) is 17.6. The van der Waals surface area contributed by atoms with Gasteiger partial charge in [0.1, 0.15) is 18.1 Å². The zero-order valence-electron chi connectivity index (χ0n) is 20.6. The quantitative estimate of drug-likeness (QED) is 0.102. The number of aliphatic hydroxyl groups excluding tert-OH is 1. The first-order valence-electron chi connectivity index (χ1n) is 12.0. The second kappa shape index (κ2) is 14.6. The molecule has 5 atom stereocenters. The Morgan fingerprint density at radius 1 is 1.03 bits per heavy atom. The number of carbonyl (C=O) groups is 4. The first-order valence-corrected chi connectivity index (χ1v) is 12.7. The number of thiol groups is 1. The Kier molecular flexibility index (Phi) is 11.9. The van der Waals surface area contributed by atoms with Crippen LogP contribution < -0.4 is 27.4 Å². The molecule has 0 radical (unpaired) electrons. The molecule has 12 nitrogen and oxygen atoms in total. The van der Waals surface area contributed by atoms with Crippen LogP contribution in [0.4, 0.5) is 0 Å². The number of nitrogens with one attached hydrogen (secondary N) is 4. The number of nitrogens with two attached hydrogens (primary N) is 2.